The lowest BCUT2D eigenvalue weighted by atomic mass is 10.0. The fourth-order valence-electron chi connectivity index (χ4n) is 7.14. The topological polar surface area (TPSA) is 203 Å². The number of fused-ring (bicyclic) bond motifs is 3. The molecule has 15 nitrogen and oxygen atoms in total. The van der Waals surface area contributed by atoms with Crippen LogP contribution in [0.3, 0.4) is 0 Å². The Hall–Kier alpha value is -5.06. The normalized spacial score (nSPS) is 27.4. The molecule has 7 rings (SSSR count). The molecule has 4 amide bonds. The summed E-state index contributed by atoms with van der Waals surface area (Å²) in [6, 6.07) is 2.20. The number of aromatic nitrogens is 4. The highest BCUT2D eigenvalue weighted by Crippen LogP contribution is 2.47. The van der Waals surface area contributed by atoms with Crippen LogP contribution in [0, 0.1) is 11.7 Å². The van der Waals surface area contributed by atoms with Gasteiger partial charge in [-0.15, -0.1) is 0 Å². The first-order chi connectivity index (χ1) is 25.8. The number of benzene rings is 1. The highest BCUT2D eigenvalue weighted by atomic mass is 32.2. The van der Waals surface area contributed by atoms with Gasteiger partial charge in [0.15, 0.2) is 5.82 Å². The lowest BCUT2D eigenvalue weighted by Crippen LogP contribution is -2.58. The Balaban J connectivity index is 1.21. The first-order valence-corrected chi connectivity index (χ1v) is 19.9. The van der Waals surface area contributed by atoms with Gasteiger partial charge in [0.2, 0.25) is 27.7 Å². The van der Waals surface area contributed by atoms with E-state index in [1.165, 1.54) is 35.6 Å². The average Bonchev–Trinajstić information content (AvgIpc) is 4.04. The van der Waals surface area contributed by atoms with Crippen molar-refractivity contribution in [1.82, 2.24) is 40.2 Å². The second-order valence-electron chi connectivity index (χ2n) is 14.8. The van der Waals surface area contributed by atoms with Crippen LogP contribution in [-0.4, -0.2) is 91.9 Å². The van der Waals surface area contributed by atoms with Crippen LogP contribution in [0.1, 0.15) is 87.8 Å². The Bertz CT molecular complexity index is 2120. The summed E-state index contributed by atoms with van der Waals surface area (Å²) in [5.74, 6) is -3.67. The zero-order valence-electron chi connectivity index (χ0n) is 30.1. The molecule has 0 bridgehead atoms. The molecule has 17 heteroatoms. The van der Waals surface area contributed by atoms with Gasteiger partial charge in [0.05, 0.1) is 23.0 Å². The molecule has 4 aliphatic rings. The molecule has 2 saturated carbocycles. The maximum absolute atomic E-state index is 14.8. The molecular weight excluding hydrogens is 720 g/mol. The highest BCUT2D eigenvalue weighted by Gasteiger charge is 2.63. The number of nitrogens with one attached hydrogen (secondary N) is 3. The number of rotatable bonds is 8. The van der Waals surface area contributed by atoms with Gasteiger partial charge in [-0.3, -0.25) is 28.9 Å². The van der Waals surface area contributed by atoms with Crippen LogP contribution >= 0.6 is 0 Å². The molecule has 1 aromatic carbocycles. The standard InChI is InChI=1S/C37H43FN8O7S/c1-3-25-33(43-30-24(38)11-9-13-26(30)41-25)53-23-18-29-32(48)44-37(35(50)45-54(51,52)36(2)14-15-36)19-22(37)10-7-5-4-6-8-12-27(34(49)46(29)21-23)42-31(47)28-20-39-16-17-40-28/h7,9-11,13,16-17,20,22-23,27,29H,3-6,8,12,14-15,18-19,21H2,1-2H3,(H,42,47)(H,44,48)(H,45,50)/b10-7-/t22-,23-,27+,29+,37-/m1/s1. The Morgan fingerprint density at radius 1 is 1.13 bits per heavy atom. The van der Waals surface area contributed by atoms with Crippen LogP contribution in [0.4, 0.5) is 4.39 Å². The summed E-state index contributed by atoms with van der Waals surface area (Å²) in [6.45, 7) is 3.31. The van der Waals surface area contributed by atoms with Crippen molar-refractivity contribution < 1.29 is 36.7 Å². The average molecular weight is 763 g/mol. The lowest BCUT2D eigenvalue weighted by Gasteiger charge is -2.30. The first kappa shape index (κ1) is 37.3. The molecule has 5 atom stereocenters. The summed E-state index contributed by atoms with van der Waals surface area (Å²) < 4.78 is 48.5. The van der Waals surface area contributed by atoms with Gasteiger partial charge in [-0.2, -0.15) is 0 Å². The molecule has 2 aliphatic heterocycles. The lowest BCUT2D eigenvalue weighted by molar-refractivity contribution is -0.141. The number of nitrogens with zero attached hydrogens (tertiary/aromatic N) is 5. The third-order valence-corrected chi connectivity index (χ3v) is 13.0. The van der Waals surface area contributed by atoms with Crippen molar-refractivity contribution in [2.75, 3.05) is 6.54 Å². The molecule has 3 N–H and O–H groups in total. The van der Waals surface area contributed by atoms with Crippen LogP contribution < -0.4 is 20.1 Å². The Morgan fingerprint density at radius 2 is 1.94 bits per heavy atom. The second kappa shape index (κ2) is 14.6. The molecule has 0 unspecified atom stereocenters. The zero-order chi connectivity index (χ0) is 38.3. The number of sulfonamides is 1. The molecule has 3 fully saturated rings. The molecule has 54 heavy (non-hydrogen) atoms. The maximum Gasteiger partial charge on any atom is 0.272 e. The quantitative estimate of drug-likeness (QED) is 0.285. The van der Waals surface area contributed by atoms with E-state index in [4.69, 9.17) is 4.74 Å². The van der Waals surface area contributed by atoms with Crippen LogP contribution in [0.15, 0.2) is 48.9 Å². The molecule has 2 aliphatic carbocycles. The largest absolute Gasteiger partial charge is 0.471 e. The highest BCUT2D eigenvalue weighted by molar-refractivity contribution is 7.91. The van der Waals surface area contributed by atoms with E-state index < -0.39 is 73.9 Å². The number of amides is 4. The van der Waals surface area contributed by atoms with Crippen molar-refractivity contribution in [1.29, 1.82) is 0 Å². The van der Waals surface area contributed by atoms with Gasteiger partial charge >= 0.3 is 0 Å². The number of para-hydroxylation sites is 1. The summed E-state index contributed by atoms with van der Waals surface area (Å²) in [5.41, 5.74) is -0.731. The van der Waals surface area contributed by atoms with Crippen LogP contribution in [0.5, 0.6) is 5.88 Å². The minimum atomic E-state index is -4.02. The number of ether oxygens (including phenoxy) is 1. The number of carbonyl (C=O) groups excluding carboxylic acids is 4. The predicted molar refractivity (Wildman–Crippen MR) is 193 cm³/mol. The number of allylic oxidation sites excluding steroid dienone is 1. The third-order valence-electron chi connectivity index (χ3n) is 10.9. The summed E-state index contributed by atoms with van der Waals surface area (Å²) in [6.07, 6.45) is 11.4. The molecule has 3 aromatic rings. The summed E-state index contributed by atoms with van der Waals surface area (Å²) in [7, 11) is -4.02. The first-order valence-electron chi connectivity index (χ1n) is 18.4. The fraction of sp³-hybridized carbons (Fsp3) is 0.514. The summed E-state index contributed by atoms with van der Waals surface area (Å²) in [4.78, 5) is 74.3. The van der Waals surface area contributed by atoms with Crippen LogP contribution in [-0.2, 0) is 30.8 Å². The number of carbonyl (C=O) groups is 4. The van der Waals surface area contributed by atoms with Crippen molar-refractivity contribution >= 4 is 44.7 Å². The van der Waals surface area contributed by atoms with E-state index in [9.17, 15) is 32.0 Å². The predicted octanol–water partition coefficient (Wildman–Crippen LogP) is 2.66. The van der Waals surface area contributed by atoms with Gasteiger partial charge in [-0.25, -0.2) is 27.8 Å². The third kappa shape index (κ3) is 7.37. The smallest absolute Gasteiger partial charge is 0.272 e. The Kier molecular flexibility index (Phi) is 10.1. The fourth-order valence-corrected chi connectivity index (χ4v) is 8.45. The van der Waals surface area contributed by atoms with Crippen molar-refractivity contribution in [2.45, 2.75) is 107 Å². The van der Waals surface area contributed by atoms with Crippen molar-refractivity contribution in [3.63, 3.8) is 0 Å². The van der Waals surface area contributed by atoms with E-state index in [0.717, 1.165) is 12.8 Å². The Morgan fingerprint density at radius 3 is 2.69 bits per heavy atom. The van der Waals surface area contributed by atoms with Gasteiger partial charge < -0.3 is 20.3 Å². The maximum atomic E-state index is 14.8. The number of aryl methyl sites for hydroxylation is 1. The molecule has 0 spiro atoms. The SMILES string of the molecule is CCc1nc2cccc(F)c2nc1O[C@@H]1C[C@H]2C(=O)N[C@]3(C(=O)NS(=O)(=O)C4(C)CC4)C[C@H]3/C=C\CCCCC[C@H](NC(=O)c3cnccn3)C(=O)N2C1. The van der Waals surface area contributed by atoms with E-state index >= 15 is 0 Å². The molecule has 1 saturated heterocycles. The van der Waals surface area contributed by atoms with E-state index in [2.05, 4.69) is 35.3 Å². The van der Waals surface area contributed by atoms with E-state index in [-0.39, 0.29) is 42.9 Å². The van der Waals surface area contributed by atoms with E-state index in [1.54, 1.807) is 13.0 Å². The van der Waals surface area contributed by atoms with Crippen molar-refractivity contribution in [3.8, 4) is 5.88 Å². The van der Waals surface area contributed by atoms with Crippen LogP contribution in [0.2, 0.25) is 0 Å². The number of halogens is 1. The number of hydrogen-bond acceptors (Lipinski definition) is 11. The summed E-state index contributed by atoms with van der Waals surface area (Å²) in [5, 5.41) is 5.63. The molecule has 0 radical (unpaired) electrons. The minimum absolute atomic E-state index is 0.00828. The van der Waals surface area contributed by atoms with Gasteiger partial charge in [0.1, 0.15) is 40.6 Å². The Labute approximate surface area is 312 Å². The summed E-state index contributed by atoms with van der Waals surface area (Å²) >= 11 is 0. The minimum Gasteiger partial charge on any atom is -0.471 e. The number of hydrogen-bond donors (Lipinski definition) is 3. The van der Waals surface area contributed by atoms with Crippen molar-refractivity contribution in [3.05, 3.63) is 66.1 Å². The van der Waals surface area contributed by atoms with Gasteiger partial charge in [-0.1, -0.05) is 38.0 Å². The zero-order valence-corrected chi connectivity index (χ0v) is 30.9. The van der Waals surface area contributed by atoms with Gasteiger partial charge in [0.25, 0.3) is 11.8 Å². The van der Waals surface area contributed by atoms with Gasteiger partial charge in [-0.05, 0) is 64.0 Å². The molecular formula is C37H43FN8O7S. The van der Waals surface area contributed by atoms with Crippen molar-refractivity contribution in [2.24, 2.45) is 5.92 Å². The van der Waals surface area contributed by atoms with Crippen LogP contribution in [0.25, 0.3) is 11.0 Å². The molecule has 2 aromatic heterocycles. The monoisotopic (exact) mass is 762 g/mol. The van der Waals surface area contributed by atoms with E-state index in [1.807, 2.05) is 19.1 Å². The second-order valence-corrected chi connectivity index (χ2v) is 17.0. The van der Waals surface area contributed by atoms with Gasteiger partial charge in [0, 0.05) is 24.7 Å². The molecule has 4 heterocycles. The molecule has 286 valence electrons. The van der Waals surface area contributed by atoms with E-state index in [0.29, 0.717) is 43.3 Å².